The topological polar surface area (TPSA) is 57.3 Å². The lowest BCUT2D eigenvalue weighted by Crippen LogP contribution is -2.18. The van der Waals surface area contributed by atoms with Crippen LogP contribution in [-0.2, 0) is 16.1 Å². The van der Waals surface area contributed by atoms with Crippen molar-refractivity contribution < 1.29 is 13.9 Å². The Labute approximate surface area is 134 Å². The van der Waals surface area contributed by atoms with Crippen molar-refractivity contribution in [2.24, 2.45) is 0 Å². The fraction of sp³-hybridized carbons (Fsp3) is 0.222. The Morgan fingerprint density at radius 2 is 2.09 bits per heavy atom. The normalized spacial score (nSPS) is 11.6. The van der Waals surface area contributed by atoms with E-state index in [4.69, 9.17) is 9.15 Å². The van der Waals surface area contributed by atoms with Crippen LogP contribution in [0.5, 0.6) is 0 Å². The number of imidazole rings is 1. The van der Waals surface area contributed by atoms with Gasteiger partial charge < -0.3 is 13.7 Å². The number of benzene rings is 1. The van der Waals surface area contributed by atoms with Crippen LogP contribution in [0.2, 0.25) is 0 Å². The Morgan fingerprint density at radius 1 is 1.26 bits per heavy atom. The molecule has 0 bridgehead atoms. The summed E-state index contributed by atoms with van der Waals surface area (Å²) in [4.78, 5) is 16.6. The summed E-state index contributed by atoms with van der Waals surface area (Å²) in [5, 5.41) is 0. The number of carbonyl (C=O) groups excluding carboxylic acids is 1. The summed E-state index contributed by atoms with van der Waals surface area (Å²) < 4.78 is 12.4. The lowest BCUT2D eigenvalue weighted by Gasteiger charge is -2.10. The first kappa shape index (κ1) is 15.1. The van der Waals surface area contributed by atoms with Crippen LogP contribution in [0.4, 0.5) is 0 Å². The summed E-state index contributed by atoms with van der Waals surface area (Å²) in [7, 11) is 0. The molecule has 0 amide bonds. The lowest BCUT2D eigenvalue weighted by atomic mass is 10.3. The molecule has 0 aliphatic heterocycles. The number of aromatic nitrogens is 2. The second-order valence-electron chi connectivity index (χ2n) is 5.43. The molecule has 0 aliphatic rings. The van der Waals surface area contributed by atoms with Crippen LogP contribution < -0.4 is 0 Å². The predicted molar refractivity (Wildman–Crippen MR) is 88.6 cm³/mol. The first-order chi connectivity index (χ1) is 11.1. The maximum absolute atomic E-state index is 12.0. The fourth-order valence-corrected chi connectivity index (χ4v) is 2.36. The average Bonchev–Trinajstić information content (AvgIpc) is 3.13. The first-order valence-corrected chi connectivity index (χ1v) is 7.50. The van der Waals surface area contributed by atoms with Gasteiger partial charge >= 0.3 is 5.97 Å². The maximum Gasteiger partial charge on any atom is 0.326 e. The van der Waals surface area contributed by atoms with E-state index >= 15 is 0 Å². The summed E-state index contributed by atoms with van der Waals surface area (Å²) in [5.41, 5.74) is 1.73. The minimum atomic E-state index is -0.282. The summed E-state index contributed by atoms with van der Waals surface area (Å²) in [6.07, 6.45) is 5.13. The van der Waals surface area contributed by atoms with Gasteiger partial charge in [0.25, 0.3) is 0 Å². The van der Waals surface area contributed by atoms with E-state index in [2.05, 4.69) is 4.98 Å². The number of rotatable bonds is 5. The van der Waals surface area contributed by atoms with E-state index in [-0.39, 0.29) is 18.6 Å². The molecule has 0 saturated heterocycles. The highest BCUT2D eigenvalue weighted by Crippen LogP contribution is 2.18. The molecular formula is C18H18N2O3. The molecule has 3 aromatic rings. The zero-order valence-electron chi connectivity index (χ0n) is 13.1. The third-order valence-corrected chi connectivity index (χ3v) is 3.28. The van der Waals surface area contributed by atoms with Crippen molar-refractivity contribution in [1.29, 1.82) is 0 Å². The van der Waals surface area contributed by atoms with Crippen molar-refractivity contribution >= 4 is 29.2 Å². The monoisotopic (exact) mass is 310 g/mol. The first-order valence-electron chi connectivity index (χ1n) is 7.50. The van der Waals surface area contributed by atoms with Gasteiger partial charge in [-0.1, -0.05) is 12.1 Å². The van der Waals surface area contributed by atoms with Gasteiger partial charge in [-0.2, -0.15) is 0 Å². The Morgan fingerprint density at radius 3 is 2.83 bits per heavy atom. The lowest BCUT2D eigenvalue weighted by molar-refractivity contribution is -0.148. The van der Waals surface area contributed by atoms with Gasteiger partial charge in [0.1, 0.15) is 18.1 Å². The van der Waals surface area contributed by atoms with Gasteiger partial charge in [-0.05, 0) is 50.3 Å². The van der Waals surface area contributed by atoms with Gasteiger partial charge in [-0.15, -0.1) is 0 Å². The molecule has 0 N–H and O–H groups in total. The van der Waals surface area contributed by atoms with E-state index in [0.717, 1.165) is 16.8 Å². The molecule has 0 fully saturated rings. The number of ether oxygens (including phenoxy) is 1. The molecule has 0 spiro atoms. The van der Waals surface area contributed by atoms with Crippen molar-refractivity contribution in [3.63, 3.8) is 0 Å². The Kier molecular flexibility index (Phi) is 4.28. The second-order valence-corrected chi connectivity index (χ2v) is 5.43. The summed E-state index contributed by atoms with van der Waals surface area (Å²) >= 11 is 0. The molecule has 0 unspecified atom stereocenters. The number of fused-ring (bicyclic) bond motifs is 1. The number of nitrogens with zero attached hydrogens (tertiary/aromatic N) is 2. The van der Waals surface area contributed by atoms with Crippen LogP contribution in [0.15, 0.2) is 47.1 Å². The fourth-order valence-electron chi connectivity index (χ4n) is 2.36. The average molecular weight is 310 g/mol. The summed E-state index contributed by atoms with van der Waals surface area (Å²) in [6, 6.07) is 11.4. The highest BCUT2D eigenvalue weighted by Gasteiger charge is 2.13. The SMILES string of the molecule is CC(C)OC(=O)Cn1c(/C=C/c2ccco2)nc2ccccc21. The van der Waals surface area contributed by atoms with E-state index in [1.165, 1.54) is 0 Å². The van der Waals surface area contributed by atoms with Gasteiger partial charge in [0.05, 0.1) is 23.4 Å². The van der Waals surface area contributed by atoms with Crippen molar-refractivity contribution in [3.05, 3.63) is 54.2 Å². The molecule has 0 radical (unpaired) electrons. The molecule has 2 heterocycles. The molecular weight excluding hydrogens is 292 g/mol. The Balaban J connectivity index is 1.96. The highest BCUT2D eigenvalue weighted by atomic mass is 16.5. The number of furan rings is 1. The van der Waals surface area contributed by atoms with Crippen LogP contribution in [0.1, 0.15) is 25.4 Å². The molecule has 5 heteroatoms. The zero-order valence-corrected chi connectivity index (χ0v) is 13.1. The van der Waals surface area contributed by atoms with Gasteiger partial charge in [-0.25, -0.2) is 4.98 Å². The smallest absolute Gasteiger partial charge is 0.326 e. The molecule has 118 valence electrons. The standard InChI is InChI=1S/C18H18N2O3/c1-13(2)23-18(21)12-20-16-8-4-3-7-15(16)19-17(20)10-9-14-6-5-11-22-14/h3-11,13H,12H2,1-2H3/b10-9+. The highest BCUT2D eigenvalue weighted by molar-refractivity contribution is 5.82. The number of carbonyl (C=O) groups is 1. The number of hydrogen-bond donors (Lipinski definition) is 0. The van der Waals surface area contributed by atoms with Crippen LogP contribution in [-0.4, -0.2) is 21.6 Å². The van der Waals surface area contributed by atoms with Crippen LogP contribution >= 0.6 is 0 Å². The third kappa shape index (κ3) is 3.51. The molecule has 0 atom stereocenters. The quantitative estimate of drug-likeness (QED) is 0.673. The van der Waals surface area contributed by atoms with E-state index in [1.807, 2.05) is 67.0 Å². The van der Waals surface area contributed by atoms with E-state index < -0.39 is 0 Å². The third-order valence-electron chi connectivity index (χ3n) is 3.28. The maximum atomic E-state index is 12.0. The number of hydrogen-bond acceptors (Lipinski definition) is 4. The molecule has 1 aromatic carbocycles. The van der Waals surface area contributed by atoms with Crippen LogP contribution in [0.3, 0.4) is 0 Å². The molecule has 3 rings (SSSR count). The van der Waals surface area contributed by atoms with Crippen LogP contribution in [0.25, 0.3) is 23.2 Å². The van der Waals surface area contributed by atoms with Gasteiger partial charge in [0.15, 0.2) is 0 Å². The van der Waals surface area contributed by atoms with Crippen LogP contribution in [0, 0.1) is 0 Å². The van der Waals surface area contributed by atoms with E-state index in [9.17, 15) is 4.79 Å². The number of para-hydroxylation sites is 2. The minimum Gasteiger partial charge on any atom is -0.465 e. The van der Waals surface area contributed by atoms with Gasteiger partial charge in [0, 0.05) is 0 Å². The van der Waals surface area contributed by atoms with Gasteiger partial charge in [-0.3, -0.25) is 4.79 Å². The Hall–Kier alpha value is -2.82. The van der Waals surface area contributed by atoms with Gasteiger partial charge in [0.2, 0.25) is 0 Å². The van der Waals surface area contributed by atoms with Crippen molar-refractivity contribution in [1.82, 2.24) is 9.55 Å². The zero-order chi connectivity index (χ0) is 16.2. The van der Waals surface area contributed by atoms with E-state index in [0.29, 0.717) is 5.82 Å². The van der Waals surface area contributed by atoms with E-state index in [1.54, 1.807) is 6.26 Å². The Bertz CT molecular complexity index is 829. The summed E-state index contributed by atoms with van der Waals surface area (Å²) in [5.74, 6) is 1.13. The van der Waals surface area contributed by atoms with Crippen molar-refractivity contribution in [2.45, 2.75) is 26.5 Å². The second kappa shape index (κ2) is 6.52. The number of esters is 1. The molecule has 0 aliphatic carbocycles. The molecule has 2 aromatic heterocycles. The largest absolute Gasteiger partial charge is 0.465 e. The molecule has 5 nitrogen and oxygen atoms in total. The molecule has 23 heavy (non-hydrogen) atoms. The minimum absolute atomic E-state index is 0.122. The van der Waals surface area contributed by atoms with Crippen molar-refractivity contribution in [3.8, 4) is 0 Å². The van der Waals surface area contributed by atoms with Crippen molar-refractivity contribution in [2.75, 3.05) is 0 Å². The molecule has 0 saturated carbocycles. The predicted octanol–water partition coefficient (Wildman–Crippen LogP) is 3.75. The summed E-state index contributed by atoms with van der Waals surface area (Å²) in [6.45, 7) is 3.79.